The van der Waals surface area contributed by atoms with E-state index in [1.54, 1.807) is 0 Å². The summed E-state index contributed by atoms with van der Waals surface area (Å²) in [6.45, 7) is 8.39. The Morgan fingerprint density at radius 1 is 1.00 bits per heavy atom. The van der Waals surface area contributed by atoms with E-state index in [0.29, 0.717) is 25.4 Å². The molecule has 2 aliphatic rings. The summed E-state index contributed by atoms with van der Waals surface area (Å²) >= 11 is 0. The van der Waals surface area contributed by atoms with Crippen LogP contribution in [0.4, 0.5) is 0 Å². The van der Waals surface area contributed by atoms with Crippen LogP contribution in [0.1, 0.15) is 59.3 Å². The van der Waals surface area contributed by atoms with Crippen molar-refractivity contribution >= 4 is 8.80 Å². The van der Waals surface area contributed by atoms with Gasteiger partial charge in [-0.25, -0.2) is 0 Å². The van der Waals surface area contributed by atoms with E-state index < -0.39 is 8.80 Å². The minimum absolute atomic E-state index is 0.560. The van der Waals surface area contributed by atoms with Crippen molar-refractivity contribution in [3.05, 3.63) is 0 Å². The zero-order valence-electron chi connectivity index (χ0n) is 13.9. The zero-order chi connectivity index (χ0) is 15.1. The van der Waals surface area contributed by atoms with E-state index in [0.717, 1.165) is 37.8 Å². The molecule has 124 valence electrons. The SMILES string of the molecule is CCCC[Si](OCC)(OCC)OCCC1CCC2OC2C1. The third-order valence-corrected chi connectivity index (χ3v) is 7.59. The van der Waals surface area contributed by atoms with Crippen LogP contribution in [0.15, 0.2) is 0 Å². The van der Waals surface area contributed by atoms with E-state index in [1.807, 2.05) is 13.8 Å². The van der Waals surface area contributed by atoms with E-state index >= 15 is 0 Å². The van der Waals surface area contributed by atoms with E-state index in [-0.39, 0.29) is 0 Å². The lowest BCUT2D eigenvalue weighted by Gasteiger charge is -2.30. The van der Waals surface area contributed by atoms with Crippen LogP contribution in [-0.2, 0) is 18.0 Å². The molecular formula is C16H32O4Si. The van der Waals surface area contributed by atoms with Gasteiger partial charge in [-0.15, -0.1) is 0 Å². The van der Waals surface area contributed by atoms with Crippen molar-refractivity contribution in [1.82, 2.24) is 0 Å². The molecule has 0 radical (unpaired) electrons. The molecule has 0 aromatic heterocycles. The van der Waals surface area contributed by atoms with Crippen molar-refractivity contribution < 1.29 is 18.0 Å². The molecule has 1 saturated carbocycles. The molecule has 1 saturated heterocycles. The van der Waals surface area contributed by atoms with Gasteiger partial charge in [0.25, 0.3) is 0 Å². The van der Waals surface area contributed by atoms with Gasteiger partial charge in [0, 0.05) is 25.9 Å². The lowest BCUT2D eigenvalue weighted by atomic mass is 9.87. The van der Waals surface area contributed by atoms with Crippen molar-refractivity contribution in [2.45, 2.75) is 77.5 Å². The Morgan fingerprint density at radius 2 is 1.76 bits per heavy atom. The summed E-state index contributed by atoms with van der Waals surface area (Å²) in [6.07, 6.45) is 8.29. The van der Waals surface area contributed by atoms with E-state index in [2.05, 4.69) is 6.92 Å². The predicted octanol–water partition coefficient (Wildman–Crippen LogP) is 3.77. The third kappa shape index (κ3) is 5.32. The maximum atomic E-state index is 6.22. The topological polar surface area (TPSA) is 40.2 Å². The summed E-state index contributed by atoms with van der Waals surface area (Å²) in [6, 6.07) is 0.948. The second-order valence-corrected chi connectivity index (χ2v) is 8.91. The highest BCUT2D eigenvalue weighted by molar-refractivity contribution is 6.60. The standard InChI is InChI=1S/C16H32O4Si/c1-4-7-12-21(17-5-2,18-6-3)19-11-10-14-8-9-15-16(13-14)20-15/h14-16H,4-13H2,1-3H3. The maximum Gasteiger partial charge on any atom is 0.500 e. The fourth-order valence-corrected chi connectivity index (χ4v) is 6.08. The van der Waals surface area contributed by atoms with Gasteiger partial charge in [0.2, 0.25) is 0 Å². The molecule has 3 atom stereocenters. The first kappa shape index (κ1) is 17.4. The summed E-state index contributed by atoms with van der Waals surface area (Å²) in [5, 5.41) is 0. The van der Waals surface area contributed by atoms with Gasteiger partial charge in [0.1, 0.15) is 0 Å². The summed E-state index contributed by atoms with van der Waals surface area (Å²) in [5.74, 6) is 0.759. The first-order valence-electron chi connectivity index (χ1n) is 8.80. The smallest absolute Gasteiger partial charge is 0.374 e. The number of ether oxygens (including phenoxy) is 1. The zero-order valence-corrected chi connectivity index (χ0v) is 14.9. The molecule has 1 aliphatic heterocycles. The van der Waals surface area contributed by atoms with Gasteiger partial charge in [0.05, 0.1) is 12.2 Å². The van der Waals surface area contributed by atoms with Gasteiger partial charge in [-0.3, -0.25) is 0 Å². The molecule has 2 fully saturated rings. The first-order chi connectivity index (χ1) is 10.2. The van der Waals surface area contributed by atoms with Crippen LogP contribution >= 0.6 is 0 Å². The molecule has 1 heterocycles. The molecule has 0 spiro atoms. The van der Waals surface area contributed by atoms with Crippen molar-refractivity contribution in [3.63, 3.8) is 0 Å². The van der Waals surface area contributed by atoms with Gasteiger partial charge >= 0.3 is 8.80 Å². The molecule has 4 nitrogen and oxygen atoms in total. The minimum atomic E-state index is -2.44. The average Bonchev–Trinajstić information content (AvgIpc) is 3.24. The molecule has 0 aromatic rings. The number of epoxide rings is 1. The molecule has 0 bridgehead atoms. The molecule has 0 N–H and O–H groups in total. The fraction of sp³-hybridized carbons (Fsp3) is 1.00. The summed E-state index contributed by atoms with van der Waals surface area (Å²) in [4.78, 5) is 0. The lowest BCUT2D eigenvalue weighted by Crippen LogP contribution is -2.46. The van der Waals surface area contributed by atoms with Crippen LogP contribution in [-0.4, -0.2) is 40.8 Å². The van der Waals surface area contributed by atoms with E-state index in [4.69, 9.17) is 18.0 Å². The highest BCUT2D eigenvalue weighted by Crippen LogP contribution is 2.40. The van der Waals surface area contributed by atoms with E-state index in [1.165, 1.54) is 19.3 Å². The van der Waals surface area contributed by atoms with Crippen LogP contribution in [0.5, 0.6) is 0 Å². The second-order valence-electron chi connectivity index (χ2n) is 6.18. The molecule has 3 unspecified atom stereocenters. The van der Waals surface area contributed by atoms with Crippen LogP contribution in [0.3, 0.4) is 0 Å². The molecule has 0 aromatic carbocycles. The molecule has 1 aliphatic carbocycles. The summed E-state index contributed by atoms with van der Waals surface area (Å²) in [7, 11) is -2.44. The Balaban J connectivity index is 1.75. The average molecular weight is 317 g/mol. The normalized spacial score (nSPS) is 28.4. The van der Waals surface area contributed by atoms with Crippen molar-refractivity contribution in [2.75, 3.05) is 19.8 Å². The first-order valence-corrected chi connectivity index (χ1v) is 10.7. The number of unbranched alkanes of at least 4 members (excludes halogenated alkanes) is 1. The number of fused-ring (bicyclic) bond motifs is 1. The summed E-state index contributed by atoms with van der Waals surface area (Å²) in [5.41, 5.74) is 0. The van der Waals surface area contributed by atoms with E-state index in [9.17, 15) is 0 Å². The van der Waals surface area contributed by atoms with Gasteiger partial charge in [-0.2, -0.15) is 0 Å². The van der Waals surface area contributed by atoms with Crippen LogP contribution in [0, 0.1) is 5.92 Å². The third-order valence-electron chi connectivity index (χ3n) is 4.53. The Kier molecular flexibility index (Phi) is 7.15. The van der Waals surface area contributed by atoms with Gasteiger partial charge in [-0.1, -0.05) is 13.3 Å². The number of hydrogen-bond acceptors (Lipinski definition) is 4. The largest absolute Gasteiger partial charge is 0.500 e. The Labute approximate surface area is 130 Å². The Morgan fingerprint density at radius 3 is 2.38 bits per heavy atom. The van der Waals surface area contributed by atoms with Crippen molar-refractivity contribution in [1.29, 1.82) is 0 Å². The molecular weight excluding hydrogens is 284 g/mol. The minimum Gasteiger partial charge on any atom is -0.374 e. The number of rotatable bonds is 11. The molecule has 21 heavy (non-hydrogen) atoms. The number of hydrogen-bond donors (Lipinski definition) is 0. The Hall–Kier alpha value is 0.0569. The molecule has 2 rings (SSSR count). The quantitative estimate of drug-likeness (QED) is 0.430. The fourth-order valence-electron chi connectivity index (χ4n) is 3.30. The molecule has 5 heteroatoms. The van der Waals surface area contributed by atoms with Gasteiger partial charge in [-0.05, 0) is 51.9 Å². The lowest BCUT2D eigenvalue weighted by molar-refractivity contribution is 0.0609. The highest BCUT2D eigenvalue weighted by atomic mass is 28.4. The van der Waals surface area contributed by atoms with Crippen molar-refractivity contribution in [2.24, 2.45) is 5.92 Å². The Bertz CT molecular complexity index is 294. The monoisotopic (exact) mass is 316 g/mol. The van der Waals surface area contributed by atoms with Crippen LogP contribution in [0.2, 0.25) is 6.04 Å². The highest BCUT2D eigenvalue weighted by Gasteiger charge is 2.44. The molecule has 0 amide bonds. The van der Waals surface area contributed by atoms with Crippen LogP contribution < -0.4 is 0 Å². The van der Waals surface area contributed by atoms with Crippen molar-refractivity contribution in [3.8, 4) is 0 Å². The maximum absolute atomic E-state index is 6.22. The predicted molar refractivity (Wildman–Crippen MR) is 85.3 cm³/mol. The second kappa shape index (κ2) is 8.63. The van der Waals surface area contributed by atoms with Gasteiger partial charge in [0.15, 0.2) is 0 Å². The van der Waals surface area contributed by atoms with Crippen LogP contribution in [0.25, 0.3) is 0 Å². The summed E-state index contributed by atoms with van der Waals surface area (Å²) < 4.78 is 23.7. The van der Waals surface area contributed by atoms with Gasteiger partial charge < -0.3 is 18.0 Å².